The molecule has 2 N–H and O–H groups in total. The number of benzene rings is 1. The highest BCUT2D eigenvalue weighted by molar-refractivity contribution is 7.90. The van der Waals surface area contributed by atoms with Crippen molar-refractivity contribution in [2.45, 2.75) is 45.4 Å². The fraction of sp³-hybridized carbons (Fsp3) is 0.500. The first-order chi connectivity index (χ1) is 13.5. The van der Waals surface area contributed by atoms with E-state index in [0.29, 0.717) is 25.5 Å². The molecule has 0 aliphatic rings. The molecule has 28 heavy (non-hydrogen) atoms. The van der Waals surface area contributed by atoms with Gasteiger partial charge >= 0.3 is 0 Å². The molecule has 0 saturated carbocycles. The number of nitrogens with one attached hydrogen (secondary N) is 2. The van der Waals surface area contributed by atoms with Crippen LogP contribution in [0.3, 0.4) is 0 Å². The molecule has 154 valence electrons. The van der Waals surface area contributed by atoms with Crippen LogP contribution in [0.1, 0.15) is 42.8 Å². The summed E-state index contributed by atoms with van der Waals surface area (Å²) in [7, 11) is -1.43. The third-order valence-corrected chi connectivity index (χ3v) is 6.10. The molecule has 0 fully saturated rings. The van der Waals surface area contributed by atoms with Gasteiger partial charge in [0.15, 0.2) is 15.8 Å². The summed E-state index contributed by atoms with van der Waals surface area (Å²) in [5.74, 6) is 1.73. The molecular weight excluding hydrogens is 376 g/mol. The van der Waals surface area contributed by atoms with Gasteiger partial charge in [-0.3, -0.25) is 4.99 Å². The number of hydrogen-bond acceptors (Lipinski definition) is 5. The molecule has 0 spiro atoms. The van der Waals surface area contributed by atoms with Crippen LogP contribution in [0.4, 0.5) is 0 Å². The largest absolute Gasteiger partial charge is 0.361 e. The van der Waals surface area contributed by atoms with Gasteiger partial charge in [0.2, 0.25) is 0 Å². The smallest absolute Gasteiger partial charge is 0.191 e. The Morgan fingerprint density at radius 3 is 2.54 bits per heavy atom. The molecule has 0 aliphatic heterocycles. The summed E-state index contributed by atoms with van der Waals surface area (Å²) in [6.45, 7) is 5.18. The molecule has 0 aliphatic carbocycles. The summed E-state index contributed by atoms with van der Waals surface area (Å²) in [6, 6.07) is 9.25. The number of rotatable bonds is 10. The Bertz CT molecular complexity index is 839. The lowest BCUT2D eigenvalue weighted by atomic mass is 10.1. The van der Waals surface area contributed by atoms with Gasteiger partial charge < -0.3 is 15.2 Å². The fourth-order valence-corrected chi connectivity index (χ4v) is 4.36. The van der Waals surface area contributed by atoms with E-state index in [2.05, 4.69) is 20.8 Å². The molecule has 0 atom stereocenters. The highest BCUT2D eigenvalue weighted by Gasteiger charge is 2.14. The monoisotopic (exact) mass is 406 g/mol. The van der Waals surface area contributed by atoms with Crippen LogP contribution >= 0.6 is 0 Å². The molecule has 0 unspecified atom stereocenters. The summed E-state index contributed by atoms with van der Waals surface area (Å²) in [4.78, 5) is 4.19. The third-order valence-electron chi connectivity index (χ3n) is 4.42. The molecule has 8 heteroatoms. The zero-order valence-corrected chi connectivity index (χ0v) is 17.7. The first kappa shape index (κ1) is 21.9. The molecule has 2 rings (SSSR count). The van der Waals surface area contributed by atoms with Crippen LogP contribution in [-0.2, 0) is 35.0 Å². The van der Waals surface area contributed by atoms with Crippen LogP contribution < -0.4 is 10.6 Å². The highest BCUT2D eigenvalue weighted by Crippen LogP contribution is 2.15. The van der Waals surface area contributed by atoms with Gasteiger partial charge in [-0.1, -0.05) is 49.3 Å². The molecule has 0 saturated heterocycles. The maximum absolute atomic E-state index is 12.2. The highest BCUT2D eigenvalue weighted by atomic mass is 32.2. The summed E-state index contributed by atoms with van der Waals surface area (Å²) >= 11 is 0. The SMILES string of the molecule is CCc1noc(CC)c1CNC(=NC)NCCCS(=O)(=O)Cc1ccccc1. The summed E-state index contributed by atoms with van der Waals surface area (Å²) in [6.07, 6.45) is 2.12. The lowest BCUT2D eigenvalue weighted by Gasteiger charge is -2.12. The fourth-order valence-electron chi connectivity index (χ4n) is 2.93. The van der Waals surface area contributed by atoms with E-state index < -0.39 is 9.84 Å². The lowest BCUT2D eigenvalue weighted by Crippen LogP contribution is -2.38. The Labute approximate surface area is 167 Å². The van der Waals surface area contributed by atoms with Gasteiger partial charge in [0.1, 0.15) is 5.76 Å². The Balaban J connectivity index is 1.77. The molecule has 0 radical (unpaired) electrons. The van der Waals surface area contributed by atoms with Crippen molar-refractivity contribution in [2.75, 3.05) is 19.3 Å². The van der Waals surface area contributed by atoms with Crippen molar-refractivity contribution in [3.63, 3.8) is 0 Å². The van der Waals surface area contributed by atoms with Gasteiger partial charge in [-0.05, 0) is 18.4 Å². The van der Waals surface area contributed by atoms with E-state index in [1.807, 2.05) is 44.2 Å². The van der Waals surface area contributed by atoms with Crippen LogP contribution in [0.15, 0.2) is 39.8 Å². The maximum atomic E-state index is 12.2. The van der Waals surface area contributed by atoms with Gasteiger partial charge in [0.05, 0.1) is 17.2 Å². The van der Waals surface area contributed by atoms with E-state index >= 15 is 0 Å². The predicted octanol–water partition coefficient (Wildman–Crippen LogP) is 2.47. The second-order valence-electron chi connectivity index (χ2n) is 6.52. The quantitative estimate of drug-likeness (QED) is 0.357. The normalized spacial score (nSPS) is 12.2. The second kappa shape index (κ2) is 10.8. The van der Waals surface area contributed by atoms with Gasteiger partial charge in [0, 0.05) is 32.1 Å². The Morgan fingerprint density at radius 1 is 1.14 bits per heavy atom. The minimum absolute atomic E-state index is 0.0773. The minimum atomic E-state index is -3.13. The number of hydrogen-bond donors (Lipinski definition) is 2. The average Bonchev–Trinajstić information content (AvgIpc) is 3.09. The molecule has 0 bridgehead atoms. The topological polar surface area (TPSA) is 96.6 Å². The van der Waals surface area contributed by atoms with E-state index in [4.69, 9.17) is 4.52 Å². The van der Waals surface area contributed by atoms with Crippen LogP contribution in [0, 0.1) is 0 Å². The molecule has 1 heterocycles. The second-order valence-corrected chi connectivity index (χ2v) is 8.71. The number of aryl methyl sites for hydroxylation is 2. The predicted molar refractivity (Wildman–Crippen MR) is 112 cm³/mol. The Kier molecular flexibility index (Phi) is 8.50. The van der Waals surface area contributed by atoms with E-state index in [-0.39, 0.29) is 11.5 Å². The van der Waals surface area contributed by atoms with Gasteiger partial charge in [-0.2, -0.15) is 0 Å². The first-order valence-electron chi connectivity index (χ1n) is 9.64. The van der Waals surface area contributed by atoms with Crippen LogP contribution in [0.2, 0.25) is 0 Å². The Morgan fingerprint density at radius 2 is 1.89 bits per heavy atom. The molecule has 2 aromatic rings. The van der Waals surface area contributed by atoms with E-state index in [9.17, 15) is 8.42 Å². The van der Waals surface area contributed by atoms with Crippen LogP contribution in [0.5, 0.6) is 0 Å². The van der Waals surface area contributed by atoms with Crippen molar-refractivity contribution in [3.8, 4) is 0 Å². The van der Waals surface area contributed by atoms with Gasteiger partial charge in [-0.25, -0.2) is 8.42 Å². The van der Waals surface area contributed by atoms with E-state index in [1.165, 1.54) is 0 Å². The van der Waals surface area contributed by atoms with Crippen LogP contribution in [-0.4, -0.2) is 38.9 Å². The van der Waals surface area contributed by atoms with Crippen LogP contribution in [0.25, 0.3) is 0 Å². The van der Waals surface area contributed by atoms with Gasteiger partial charge in [-0.15, -0.1) is 0 Å². The van der Waals surface area contributed by atoms with Crippen molar-refractivity contribution in [2.24, 2.45) is 4.99 Å². The molecule has 0 amide bonds. The maximum Gasteiger partial charge on any atom is 0.191 e. The van der Waals surface area contributed by atoms with Crippen molar-refractivity contribution in [3.05, 3.63) is 52.9 Å². The molecular formula is C20H30N4O3S. The van der Waals surface area contributed by atoms with Gasteiger partial charge in [0.25, 0.3) is 0 Å². The third kappa shape index (κ3) is 6.67. The zero-order valence-electron chi connectivity index (χ0n) is 16.9. The summed E-state index contributed by atoms with van der Waals surface area (Å²) in [5.41, 5.74) is 2.84. The van der Waals surface area contributed by atoms with Crippen molar-refractivity contribution < 1.29 is 12.9 Å². The first-order valence-corrected chi connectivity index (χ1v) is 11.5. The zero-order chi connectivity index (χ0) is 20.4. The van der Waals surface area contributed by atoms with E-state index in [0.717, 1.165) is 35.4 Å². The number of aromatic nitrogens is 1. The summed E-state index contributed by atoms with van der Waals surface area (Å²) < 4.78 is 29.9. The lowest BCUT2D eigenvalue weighted by molar-refractivity contribution is 0.380. The van der Waals surface area contributed by atoms with Crippen molar-refractivity contribution in [1.29, 1.82) is 0 Å². The van der Waals surface area contributed by atoms with Crippen molar-refractivity contribution in [1.82, 2.24) is 15.8 Å². The molecule has 1 aromatic heterocycles. The van der Waals surface area contributed by atoms with E-state index in [1.54, 1.807) is 7.05 Å². The number of sulfone groups is 1. The standard InChI is InChI=1S/C20H30N4O3S/c1-4-18-17(19(5-2)27-24-18)14-23-20(21-3)22-12-9-13-28(25,26)15-16-10-7-6-8-11-16/h6-8,10-11H,4-5,9,12-15H2,1-3H3,(H2,21,22,23). The number of nitrogens with zero attached hydrogens (tertiary/aromatic N) is 2. The average molecular weight is 407 g/mol. The molecule has 7 nitrogen and oxygen atoms in total. The van der Waals surface area contributed by atoms with Crippen molar-refractivity contribution >= 4 is 15.8 Å². The molecule has 1 aromatic carbocycles. The number of guanidine groups is 1. The summed E-state index contributed by atoms with van der Waals surface area (Å²) in [5, 5.41) is 10.5. The Hall–Kier alpha value is -2.35. The number of aliphatic imine (C=N–C) groups is 1. The minimum Gasteiger partial charge on any atom is -0.361 e.